The van der Waals surface area contributed by atoms with Gasteiger partial charge in [0.1, 0.15) is 0 Å². The molecule has 0 spiro atoms. The Balaban J connectivity index is 0.000000262. The molecular formula is C23H29N7O3S. The molecule has 1 saturated heterocycles. The molecule has 0 aliphatic carbocycles. The van der Waals surface area contributed by atoms with Crippen molar-refractivity contribution in [3.8, 4) is 11.4 Å². The number of nitrogen functional groups attached to an aromatic ring is 1. The fourth-order valence-corrected chi connectivity index (χ4v) is 4.68. The summed E-state index contributed by atoms with van der Waals surface area (Å²) in [5, 5.41) is 16.9. The van der Waals surface area contributed by atoms with Crippen LogP contribution in [0.5, 0.6) is 0 Å². The molecule has 1 aromatic carbocycles. The van der Waals surface area contributed by atoms with Crippen molar-refractivity contribution >= 4 is 49.2 Å². The molecule has 5 N–H and O–H groups in total. The smallest absolute Gasteiger partial charge is 0.243 e. The summed E-state index contributed by atoms with van der Waals surface area (Å²) >= 11 is 1.53. The average Bonchev–Trinajstić information content (AvgIpc) is 3.50. The zero-order valence-electron chi connectivity index (χ0n) is 19.1. The van der Waals surface area contributed by atoms with Crippen LogP contribution in [0.15, 0.2) is 30.5 Å². The maximum atomic E-state index is 10.3. The number of fused-ring (bicyclic) bond motifs is 2. The number of H-pyrrole nitrogens is 1. The van der Waals surface area contributed by atoms with Gasteiger partial charge in [0, 0.05) is 30.5 Å². The summed E-state index contributed by atoms with van der Waals surface area (Å²) in [5.41, 5.74) is 10.4. The van der Waals surface area contributed by atoms with Crippen LogP contribution in [0.4, 0.5) is 10.8 Å². The van der Waals surface area contributed by atoms with Crippen LogP contribution in [0.25, 0.3) is 32.5 Å². The number of hydrogen-bond acceptors (Lipinski definition) is 9. The van der Waals surface area contributed by atoms with E-state index in [9.17, 15) is 4.79 Å². The van der Waals surface area contributed by atoms with Gasteiger partial charge >= 0.3 is 0 Å². The van der Waals surface area contributed by atoms with Crippen LogP contribution in [0.2, 0.25) is 0 Å². The number of hydrogen-bond donors (Lipinski definition) is 4. The van der Waals surface area contributed by atoms with E-state index in [1.807, 2.05) is 30.5 Å². The number of ether oxygens (including phenoxy) is 1. The molecule has 4 heterocycles. The van der Waals surface area contributed by atoms with Crippen molar-refractivity contribution in [2.45, 2.75) is 32.6 Å². The Morgan fingerprint density at radius 3 is 2.88 bits per heavy atom. The van der Waals surface area contributed by atoms with Gasteiger partial charge in [0.05, 0.1) is 40.1 Å². The van der Waals surface area contributed by atoms with E-state index in [-0.39, 0.29) is 5.91 Å². The summed E-state index contributed by atoms with van der Waals surface area (Å²) in [4.78, 5) is 22.3. The lowest BCUT2D eigenvalue weighted by molar-refractivity contribution is -0.129. The lowest BCUT2D eigenvalue weighted by Gasteiger charge is -2.28. The highest BCUT2D eigenvalue weighted by molar-refractivity contribution is 7.23. The van der Waals surface area contributed by atoms with E-state index in [2.05, 4.69) is 22.0 Å². The third kappa shape index (κ3) is 5.44. The van der Waals surface area contributed by atoms with Gasteiger partial charge in [-0.2, -0.15) is 5.10 Å². The summed E-state index contributed by atoms with van der Waals surface area (Å²) in [6, 6.07) is 7.93. The third-order valence-electron chi connectivity index (χ3n) is 5.54. The molecule has 34 heavy (non-hydrogen) atoms. The monoisotopic (exact) mass is 483 g/mol. The van der Waals surface area contributed by atoms with E-state index < -0.39 is 0 Å². The highest BCUT2D eigenvalue weighted by atomic mass is 32.1. The Hall–Kier alpha value is -3.28. The van der Waals surface area contributed by atoms with Gasteiger partial charge in [-0.3, -0.25) is 15.1 Å². The zero-order valence-corrected chi connectivity index (χ0v) is 19.9. The number of morpholine rings is 1. The van der Waals surface area contributed by atoms with Gasteiger partial charge in [-0.05, 0) is 18.6 Å². The third-order valence-corrected chi connectivity index (χ3v) is 6.49. The SMILES string of the molecule is CCCCCC(=O)NO.Nc1cc2nc(-c3cccc4[nH]ncc34)nc(N3CCOCC3)c2s1. The van der Waals surface area contributed by atoms with E-state index in [1.165, 1.54) is 11.3 Å². The average molecular weight is 484 g/mol. The molecule has 1 aliphatic rings. The summed E-state index contributed by atoms with van der Waals surface area (Å²) in [5.74, 6) is 1.34. The van der Waals surface area contributed by atoms with Gasteiger partial charge in [-0.15, -0.1) is 11.3 Å². The molecule has 0 radical (unpaired) electrons. The molecule has 0 unspecified atom stereocenters. The second kappa shape index (κ2) is 11.2. The molecule has 3 aromatic heterocycles. The molecule has 5 rings (SSSR count). The molecule has 0 atom stereocenters. The lowest BCUT2D eigenvalue weighted by Crippen LogP contribution is -2.36. The Kier molecular flexibility index (Phi) is 7.88. The van der Waals surface area contributed by atoms with Gasteiger partial charge in [0.2, 0.25) is 5.91 Å². The minimum atomic E-state index is -0.288. The number of carbonyl (C=O) groups is 1. The maximum absolute atomic E-state index is 10.3. The first-order valence-electron chi connectivity index (χ1n) is 11.4. The number of thiophene rings is 1. The van der Waals surface area contributed by atoms with Crippen molar-refractivity contribution in [3.63, 3.8) is 0 Å². The van der Waals surface area contributed by atoms with Crippen molar-refractivity contribution < 1.29 is 14.7 Å². The second-order valence-corrected chi connectivity index (χ2v) is 9.05. The number of hydroxylamine groups is 1. The number of nitrogens with two attached hydrogens (primary N) is 1. The van der Waals surface area contributed by atoms with Crippen LogP contribution in [0.3, 0.4) is 0 Å². The highest BCUT2D eigenvalue weighted by Crippen LogP contribution is 2.36. The van der Waals surface area contributed by atoms with Gasteiger partial charge in [0.15, 0.2) is 11.6 Å². The van der Waals surface area contributed by atoms with Crippen LogP contribution >= 0.6 is 11.3 Å². The Morgan fingerprint density at radius 1 is 1.29 bits per heavy atom. The molecular weight excluding hydrogens is 454 g/mol. The number of unbranched alkanes of at least 4 members (excludes halogenated alkanes) is 2. The summed E-state index contributed by atoms with van der Waals surface area (Å²) in [7, 11) is 0. The number of rotatable bonds is 6. The first-order valence-corrected chi connectivity index (χ1v) is 12.2. The predicted molar refractivity (Wildman–Crippen MR) is 134 cm³/mol. The maximum Gasteiger partial charge on any atom is 0.243 e. The first-order chi connectivity index (χ1) is 16.6. The minimum Gasteiger partial charge on any atom is -0.391 e. The lowest BCUT2D eigenvalue weighted by atomic mass is 10.1. The fourth-order valence-electron chi connectivity index (χ4n) is 3.80. The van der Waals surface area contributed by atoms with E-state index >= 15 is 0 Å². The van der Waals surface area contributed by atoms with Crippen molar-refractivity contribution in [2.75, 3.05) is 36.9 Å². The topological polar surface area (TPSA) is 142 Å². The molecule has 0 saturated carbocycles. The largest absolute Gasteiger partial charge is 0.391 e. The van der Waals surface area contributed by atoms with Crippen molar-refractivity contribution in [1.29, 1.82) is 0 Å². The molecule has 0 bridgehead atoms. The van der Waals surface area contributed by atoms with Gasteiger partial charge in [-0.1, -0.05) is 31.9 Å². The highest BCUT2D eigenvalue weighted by Gasteiger charge is 2.20. The van der Waals surface area contributed by atoms with Crippen molar-refractivity contribution in [1.82, 2.24) is 25.6 Å². The Bertz CT molecular complexity index is 1250. The van der Waals surface area contributed by atoms with Crippen molar-refractivity contribution in [2.24, 2.45) is 0 Å². The second-order valence-electron chi connectivity index (χ2n) is 7.96. The van der Waals surface area contributed by atoms with Crippen LogP contribution in [-0.2, 0) is 9.53 Å². The molecule has 4 aromatic rings. The van der Waals surface area contributed by atoms with Crippen LogP contribution < -0.4 is 16.1 Å². The van der Waals surface area contributed by atoms with E-state index in [1.54, 1.807) is 5.48 Å². The van der Waals surface area contributed by atoms with E-state index in [0.717, 1.165) is 69.9 Å². The quantitative estimate of drug-likeness (QED) is 0.185. The van der Waals surface area contributed by atoms with Crippen molar-refractivity contribution in [3.05, 3.63) is 30.5 Å². The number of amides is 1. The molecule has 1 aliphatic heterocycles. The van der Waals surface area contributed by atoms with Crippen LogP contribution in [-0.4, -0.2) is 57.6 Å². The molecule has 10 nitrogen and oxygen atoms in total. The van der Waals surface area contributed by atoms with E-state index in [4.69, 9.17) is 25.6 Å². The van der Waals surface area contributed by atoms with Gasteiger partial charge < -0.3 is 15.4 Å². The fraction of sp³-hybridized carbons (Fsp3) is 0.391. The summed E-state index contributed by atoms with van der Waals surface area (Å²) < 4.78 is 6.51. The molecule has 1 amide bonds. The van der Waals surface area contributed by atoms with E-state index in [0.29, 0.717) is 25.5 Å². The number of carbonyl (C=O) groups excluding carboxylic acids is 1. The first kappa shape index (κ1) is 23.9. The number of anilines is 2. The summed E-state index contributed by atoms with van der Waals surface area (Å²) in [6.07, 6.45) is 5.26. The summed E-state index contributed by atoms with van der Waals surface area (Å²) in [6.45, 7) is 5.12. The number of nitrogens with zero attached hydrogens (tertiary/aromatic N) is 4. The Labute approximate surface area is 201 Å². The molecule has 11 heteroatoms. The predicted octanol–water partition coefficient (Wildman–Crippen LogP) is 3.73. The number of nitrogens with one attached hydrogen (secondary N) is 2. The normalized spacial score (nSPS) is 13.6. The Morgan fingerprint density at radius 2 is 2.12 bits per heavy atom. The zero-order chi connectivity index (χ0) is 23.9. The standard InChI is InChI=1S/C17H16N6OS.C6H13NO2/c18-14-8-13-15(25-14)17(23-4-6-24-7-5-23)21-16(20-13)10-2-1-3-12-11(10)9-19-22-12;1-2-3-4-5-6(8)7-9/h1-3,8-9H,4-7,18H2,(H,19,22);9H,2-5H2,1H3,(H,7,8). The molecule has 180 valence electrons. The number of benzene rings is 1. The number of aromatic nitrogens is 4. The van der Waals surface area contributed by atoms with Crippen LogP contribution in [0.1, 0.15) is 32.6 Å². The van der Waals surface area contributed by atoms with Gasteiger partial charge in [-0.25, -0.2) is 15.4 Å². The molecule has 1 fully saturated rings. The van der Waals surface area contributed by atoms with Gasteiger partial charge in [0.25, 0.3) is 0 Å². The van der Waals surface area contributed by atoms with Crippen LogP contribution in [0, 0.1) is 0 Å². The number of aromatic amines is 1. The minimum absolute atomic E-state index is 0.288.